The van der Waals surface area contributed by atoms with Crippen molar-refractivity contribution in [3.63, 3.8) is 0 Å². The molecule has 0 radical (unpaired) electrons. The van der Waals surface area contributed by atoms with E-state index in [1.165, 1.54) is 76.5 Å². The Labute approximate surface area is 315 Å². The highest BCUT2D eigenvalue weighted by molar-refractivity contribution is 6.32. The van der Waals surface area contributed by atoms with Crippen molar-refractivity contribution in [2.75, 3.05) is 0 Å². The van der Waals surface area contributed by atoms with E-state index in [0.29, 0.717) is 5.95 Å². The fourth-order valence-electron chi connectivity index (χ4n) is 10.4. The molecule has 0 fully saturated rings. The molecule has 0 amide bonds. The second kappa shape index (κ2) is 10.1. The zero-order chi connectivity index (χ0) is 36.2. The van der Waals surface area contributed by atoms with Crippen molar-refractivity contribution >= 4 is 81.6 Å². The third-order valence-corrected chi connectivity index (χ3v) is 12.6. The predicted molar refractivity (Wildman–Crippen MR) is 229 cm³/mol. The summed E-state index contributed by atoms with van der Waals surface area (Å²) in [4.78, 5) is 10.9. The zero-order valence-electron chi connectivity index (χ0n) is 30.3. The van der Waals surface area contributed by atoms with Gasteiger partial charge in [0.05, 0.1) is 38.8 Å². The molecule has 13 rings (SSSR count). The van der Waals surface area contributed by atoms with Crippen LogP contribution < -0.4 is 0 Å². The van der Waals surface area contributed by atoms with Crippen molar-refractivity contribution in [2.24, 2.45) is 0 Å². The van der Waals surface area contributed by atoms with Crippen LogP contribution in [0.3, 0.4) is 0 Å². The fourth-order valence-corrected chi connectivity index (χ4v) is 10.4. The molecule has 0 N–H and O–H groups in total. The van der Waals surface area contributed by atoms with Crippen LogP contribution in [0.1, 0.15) is 25.0 Å². The zero-order valence-corrected chi connectivity index (χ0v) is 30.3. The minimum Gasteiger partial charge on any atom is -0.308 e. The molecule has 4 aromatic heterocycles. The van der Waals surface area contributed by atoms with E-state index in [9.17, 15) is 0 Å². The Morgan fingerprint density at radius 3 is 2.05 bits per heavy atom. The third kappa shape index (κ3) is 3.57. The molecule has 0 bridgehead atoms. The van der Waals surface area contributed by atoms with Gasteiger partial charge in [-0.1, -0.05) is 135 Å². The van der Waals surface area contributed by atoms with Gasteiger partial charge in [0.25, 0.3) is 0 Å². The van der Waals surface area contributed by atoms with Crippen molar-refractivity contribution in [1.29, 1.82) is 0 Å². The lowest BCUT2D eigenvalue weighted by molar-refractivity contribution is 0.667. The molecule has 0 atom stereocenters. The van der Waals surface area contributed by atoms with E-state index in [1.54, 1.807) is 0 Å². The van der Waals surface area contributed by atoms with E-state index in [1.807, 2.05) is 0 Å². The van der Waals surface area contributed by atoms with Crippen LogP contribution in [0.2, 0.25) is 0 Å². The van der Waals surface area contributed by atoms with Gasteiger partial charge in [0.15, 0.2) is 0 Å². The maximum atomic E-state index is 5.52. The van der Waals surface area contributed by atoms with E-state index in [-0.39, 0.29) is 5.41 Å². The van der Waals surface area contributed by atoms with Gasteiger partial charge in [0.1, 0.15) is 0 Å². The molecule has 0 unspecified atom stereocenters. The van der Waals surface area contributed by atoms with Gasteiger partial charge >= 0.3 is 0 Å². The number of rotatable bonds is 2. The summed E-state index contributed by atoms with van der Waals surface area (Å²) in [5.41, 5.74) is 14.1. The standard InChI is InChI=1S/C51H32N4/c1-51(2)37-21-10-8-18-32(37)35-28-36-33-20-12-23-40-44(33)46-41(54-39-22-11-9-19-34(39)45(47(35)51)49(36)54)24-13-25-42(46)55(40)50-52-38-27-26-29-14-6-7-17-31(29)43(38)48(53-50)30-15-4-3-5-16-30/h3-28H,1-2H3. The van der Waals surface area contributed by atoms with Gasteiger partial charge < -0.3 is 4.40 Å². The molecule has 1 aliphatic rings. The Morgan fingerprint density at radius 2 is 1.16 bits per heavy atom. The van der Waals surface area contributed by atoms with E-state index in [0.717, 1.165) is 38.6 Å². The second-order valence-electron chi connectivity index (χ2n) is 15.7. The average molecular weight is 701 g/mol. The van der Waals surface area contributed by atoms with Crippen LogP contribution in [-0.4, -0.2) is 18.9 Å². The summed E-state index contributed by atoms with van der Waals surface area (Å²) in [6.45, 7) is 4.80. The van der Waals surface area contributed by atoms with Gasteiger partial charge in [0, 0.05) is 43.3 Å². The van der Waals surface area contributed by atoms with Gasteiger partial charge in [0.2, 0.25) is 5.95 Å². The maximum absolute atomic E-state index is 5.52. The quantitative estimate of drug-likeness (QED) is 0.168. The van der Waals surface area contributed by atoms with E-state index < -0.39 is 0 Å². The summed E-state index contributed by atoms with van der Waals surface area (Å²) in [5, 5.41) is 11.0. The van der Waals surface area contributed by atoms with Crippen molar-refractivity contribution in [3.8, 4) is 28.3 Å². The molecule has 1 aliphatic carbocycles. The lowest BCUT2D eigenvalue weighted by Crippen LogP contribution is -2.15. The summed E-state index contributed by atoms with van der Waals surface area (Å²) in [7, 11) is 0. The van der Waals surface area contributed by atoms with Crippen LogP contribution in [0, 0.1) is 0 Å². The van der Waals surface area contributed by atoms with Crippen LogP contribution in [0.4, 0.5) is 0 Å². The predicted octanol–water partition coefficient (Wildman–Crippen LogP) is 13.0. The number of hydrogen-bond donors (Lipinski definition) is 0. The molecular formula is C51H32N4. The summed E-state index contributed by atoms with van der Waals surface area (Å²) >= 11 is 0. The second-order valence-corrected chi connectivity index (χ2v) is 15.7. The minimum atomic E-state index is -0.149. The molecule has 0 saturated heterocycles. The van der Waals surface area contributed by atoms with Crippen LogP contribution >= 0.6 is 0 Å². The van der Waals surface area contributed by atoms with Gasteiger partial charge in [-0.05, 0) is 74.8 Å². The summed E-state index contributed by atoms with van der Waals surface area (Å²) in [6.07, 6.45) is 0. The molecular weight excluding hydrogens is 669 g/mol. The Hall–Kier alpha value is -7.04. The number of para-hydroxylation sites is 1. The molecule has 8 aromatic carbocycles. The average Bonchev–Trinajstić information content (AvgIpc) is 3.80. The smallest absolute Gasteiger partial charge is 0.235 e. The molecule has 256 valence electrons. The fraction of sp³-hybridized carbons (Fsp3) is 0.0588. The molecule has 55 heavy (non-hydrogen) atoms. The topological polar surface area (TPSA) is 35.1 Å². The molecule has 0 aliphatic heterocycles. The van der Waals surface area contributed by atoms with Crippen LogP contribution in [0.25, 0.3) is 110 Å². The Morgan fingerprint density at radius 1 is 0.473 bits per heavy atom. The lowest BCUT2D eigenvalue weighted by Gasteiger charge is -2.23. The van der Waals surface area contributed by atoms with E-state index in [4.69, 9.17) is 9.97 Å². The SMILES string of the molecule is CC1(C)c2ccccc2-c2cc3c4cccc5c4c4c(cccc4n4c6ccccc6c(c21)c34)n5-c1nc(-c2ccccc2)c2c(ccc3ccccc32)n1. The third-order valence-electron chi connectivity index (χ3n) is 12.6. The van der Waals surface area contributed by atoms with E-state index in [2.05, 4.69) is 181 Å². The van der Waals surface area contributed by atoms with Crippen molar-refractivity contribution < 1.29 is 0 Å². The van der Waals surface area contributed by atoms with Gasteiger partial charge in [-0.3, -0.25) is 4.57 Å². The van der Waals surface area contributed by atoms with Gasteiger partial charge in [-0.2, -0.15) is 0 Å². The summed E-state index contributed by atoms with van der Waals surface area (Å²) in [5.74, 6) is 0.670. The summed E-state index contributed by atoms with van der Waals surface area (Å²) in [6, 6.07) is 57.5. The highest BCUT2D eigenvalue weighted by Gasteiger charge is 2.39. The first kappa shape index (κ1) is 29.4. The number of nitrogens with zero attached hydrogens (tertiary/aromatic N) is 4. The molecule has 4 heterocycles. The van der Waals surface area contributed by atoms with Crippen LogP contribution in [-0.2, 0) is 5.41 Å². The monoisotopic (exact) mass is 700 g/mol. The van der Waals surface area contributed by atoms with Crippen LogP contribution in [0.5, 0.6) is 0 Å². The molecule has 4 heteroatoms. The molecule has 0 spiro atoms. The maximum Gasteiger partial charge on any atom is 0.235 e. The number of hydrogen-bond acceptors (Lipinski definition) is 2. The number of aromatic nitrogens is 4. The lowest BCUT2D eigenvalue weighted by atomic mass is 9.80. The first-order chi connectivity index (χ1) is 27.1. The summed E-state index contributed by atoms with van der Waals surface area (Å²) < 4.78 is 4.85. The Balaban J connectivity index is 1.24. The van der Waals surface area contributed by atoms with Crippen molar-refractivity contribution in [2.45, 2.75) is 19.3 Å². The number of fused-ring (bicyclic) bond motifs is 12. The number of benzene rings is 8. The molecule has 0 saturated carbocycles. The largest absolute Gasteiger partial charge is 0.308 e. The minimum absolute atomic E-state index is 0.149. The first-order valence-electron chi connectivity index (χ1n) is 19.1. The Kier molecular flexibility index (Phi) is 5.42. The molecule has 4 nitrogen and oxygen atoms in total. The van der Waals surface area contributed by atoms with Crippen molar-refractivity contribution in [1.82, 2.24) is 18.9 Å². The highest BCUT2D eigenvalue weighted by Crippen LogP contribution is 2.55. The first-order valence-corrected chi connectivity index (χ1v) is 19.1. The Bertz CT molecular complexity index is 3620. The van der Waals surface area contributed by atoms with Gasteiger partial charge in [-0.15, -0.1) is 0 Å². The molecule has 12 aromatic rings. The van der Waals surface area contributed by atoms with Crippen molar-refractivity contribution in [3.05, 3.63) is 169 Å². The highest BCUT2D eigenvalue weighted by atomic mass is 15.2. The van der Waals surface area contributed by atoms with Crippen LogP contribution in [0.15, 0.2) is 158 Å². The van der Waals surface area contributed by atoms with Gasteiger partial charge in [-0.25, -0.2) is 9.97 Å². The van der Waals surface area contributed by atoms with E-state index >= 15 is 0 Å². The normalized spacial score (nSPS) is 13.8.